The molecule has 0 bridgehead atoms. The Morgan fingerprint density at radius 3 is 2.70 bits per heavy atom. The number of fused-ring (bicyclic) bond motifs is 2. The molecule has 0 radical (unpaired) electrons. The van der Waals surface area contributed by atoms with Crippen LogP contribution in [-0.2, 0) is 20.8 Å². The average Bonchev–Trinajstić information content (AvgIpc) is 3.25. The highest BCUT2D eigenvalue weighted by atomic mass is 16.3. The zero-order valence-corrected chi connectivity index (χ0v) is 18.0. The highest BCUT2D eigenvalue weighted by Gasteiger charge is 2.44. The molecule has 8 nitrogen and oxygen atoms in total. The number of piperazine rings is 1. The maximum atomic E-state index is 13.2. The number of amides is 3. The van der Waals surface area contributed by atoms with E-state index >= 15 is 0 Å². The Bertz CT molecular complexity index is 1190. The predicted molar refractivity (Wildman–Crippen MR) is 122 cm³/mol. The molecule has 2 saturated heterocycles. The van der Waals surface area contributed by atoms with E-state index in [2.05, 4.69) is 15.6 Å². The molecule has 4 N–H and O–H groups in total. The van der Waals surface area contributed by atoms with Gasteiger partial charge in [0, 0.05) is 36.1 Å². The molecule has 2 aliphatic rings. The Hall–Kier alpha value is -3.65. The molecule has 0 saturated carbocycles. The number of carbonyl (C=O) groups excluding carboxylic acids is 3. The SMILES string of the molecule is O=C(N[C@H]1CCN2C(=O)[C@@H](Cc3c[nH]c4ccccc34)NC(=O)[C@@H]2C1)[C@@H](O)c1ccccc1. The molecule has 33 heavy (non-hydrogen) atoms. The van der Waals surface area contributed by atoms with Crippen molar-refractivity contribution in [3.05, 3.63) is 71.9 Å². The Morgan fingerprint density at radius 1 is 1.12 bits per heavy atom. The molecule has 4 atom stereocenters. The van der Waals surface area contributed by atoms with Crippen LogP contribution in [0.1, 0.15) is 30.1 Å². The summed E-state index contributed by atoms with van der Waals surface area (Å²) in [5.74, 6) is -0.805. The number of para-hydroxylation sites is 1. The van der Waals surface area contributed by atoms with Crippen molar-refractivity contribution in [2.45, 2.75) is 43.5 Å². The fraction of sp³-hybridized carbons (Fsp3) is 0.320. The number of aromatic amines is 1. The van der Waals surface area contributed by atoms with E-state index in [1.807, 2.05) is 36.5 Å². The lowest BCUT2D eigenvalue weighted by atomic mass is 9.91. The first kappa shape index (κ1) is 21.2. The first-order chi connectivity index (χ1) is 16.0. The molecule has 170 valence electrons. The number of nitrogens with zero attached hydrogens (tertiary/aromatic N) is 1. The Labute approximate surface area is 191 Å². The number of H-pyrrole nitrogens is 1. The summed E-state index contributed by atoms with van der Waals surface area (Å²) < 4.78 is 0. The summed E-state index contributed by atoms with van der Waals surface area (Å²) in [6.07, 6.45) is 1.89. The zero-order chi connectivity index (χ0) is 22.9. The molecule has 0 spiro atoms. The standard InChI is InChI=1S/C25H26N4O4/c30-22(15-6-2-1-3-7-15)24(32)27-17-10-11-29-21(13-17)23(31)28-20(25(29)33)12-16-14-26-19-9-5-4-8-18(16)19/h1-9,14,17,20-22,26,30H,10-13H2,(H,27,32)(H,28,31)/t17-,20+,21-,22-/m0/s1. The normalized spacial score (nSPS) is 23.7. The van der Waals surface area contributed by atoms with E-state index in [0.29, 0.717) is 31.4 Å². The van der Waals surface area contributed by atoms with Crippen molar-refractivity contribution in [3.8, 4) is 0 Å². The molecule has 5 rings (SSSR count). The Kier molecular flexibility index (Phi) is 5.60. The molecule has 3 amide bonds. The molecule has 0 aliphatic carbocycles. The number of nitrogens with one attached hydrogen (secondary N) is 3. The van der Waals surface area contributed by atoms with E-state index in [-0.39, 0.29) is 17.9 Å². The van der Waals surface area contributed by atoms with E-state index in [9.17, 15) is 19.5 Å². The van der Waals surface area contributed by atoms with Crippen LogP contribution in [0, 0.1) is 0 Å². The van der Waals surface area contributed by atoms with Crippen LogP contribution >= 0.6 is 0 Å². The van der Waals surface area contributed by atoms with E-state index in [0.717, 1.165) is 16.5 Å². The summed E-state index contributed by atoms with van der Waals surface area (Å²) >= 11 is 0. The summed E-state index contributed by atoms with van der Waals surface area (Å²) in [4.78, 5) is 43.4. The fourth-order valence-corrected chi connectivity index (χ4v) is 4.86. The van der Waals surface area contributed by atoms with Crippen LogP contribution in [0.25, 0.3) is 10.9 Å². The van der Waals surface area contributed by atoms with Gasteiger partial charge >= 0.3 is 0 Å². The third-order valence-electron chi connectivity index (χ3n) is 6.61. The van der Waals surface area contributed by atoms with Crippen LogP contribution < -0.4 is 10.6 Å². The molecular formula is C25H26N4O4. The second-order valence-corrected chi connectivity index (χ2v) is 8.72. The first-order valence-electron chi connectivity index (χ1n) is 11.2. The minimum atomic E-state index is -1.27. The number of carbonyl (C=O) groups is 3. The van der Waals surface area contributed by atoms with Gasteiger partial charge in [0.05, 0.1) is 0 Å². The lowest BCUT2D eigenvalue weighted by Crippen LogP contribution is -2.67. The van der Waals surface area contributed by atoms with Crippen molar-refractivity contribution >= 4 is 28.6 Å². The van der Waals surface area contributed by atoms with Gasteiger partial charge in [-0.25, -0.2) is 0 Å². The molecule has 1 aromatic heterocycles. The molecule has 2 fully saturated rings. The smallest absolute Gasteiger partial charge is 0.253 e. The molecule has 3 heterocycles. The van der Waals surface area contributed by atoms with Gasteiger partial charge in [0.25, 0.3) is 5.91 Å². The second-order valence-electron chi connectivity index (χ2n) is 8.72. The van der Waals surface area contributed by atoms with Gasteiger partial charge in [0.2, 0.25) is 11.8 Å². The number of hydrogen-bond acceptors (Lipinski definition) is 4. The number of hydrogen-bond donors (Lipinski definition) is 4. The van der Waals surface area contributed by atoms with Crippen molar-refractivity contribution < 1.29 is 19.5 Å². The number of benzene rings is 2. The third kappa shape index (κ3) is 4.09. The van der Waals surface area contributed by atoms with Crippen LogP contribution in [0.4, 0.5) is 0 Å². The molecule has 2 aromatic carbocycles. The summed E-state index contributed by atoms with van der Waals surface area (Å²) in [6, 6.07) is 15.1. The average molecular weight is 447 g/mol. The van der Waals surface area contributed by atoms with Crippen molar-refractivity contribution in [3.63, 3.8) is 0 Å². The first-order valence-corrected chi connectivity index (χ1v) is 11.2. The van der Waals surface area contributed by atoms with Gasteiger partial charge in [0.1, 0.15) is 12.1 Å². The number of aliphatic hydroxyl groups is 1. The number of aromatic nitrogens is 1. The van der Waals surface area contributed by atoms with Crippen LogP contribution in [0.2, 0.25) is 0 Å². The summed E-state index contributed by atoms with van der Waals surface area (Å²) in [5.41, 5.74) is 2.49. The lowest BCUT2D eigenvalue weighted by Gasteiger charge is -2.44. The van der Waals surface area contributed by atoms with Crippen molar-refractivity contribution in [2.75, 3.05) is 6.54 Å². The van der Waals surface area contributed by atoms with Crippen LogP contribution in [0.3, 0.4) is 0 Å². The minimum Gasteiger partial charge on any atom is -0.378 e. The van der Waals surface area contributed by atoms with Gasteiger partial charge in [-0.05, 0) is 30.0 Å². The van der Waals surface area contributed by atoms with Gasteiger partial charge in [-0.3, -0.25) is 14.4 Å². The Balaban J connectivity index is 1.23. The molecular weight excluding hydrogens is 420 g/mol. The van der Waals surface area contributed by atoms with Crippen LogP contribution in [0.5, 0.6) is 0 Å². The maximum Gasteiger partial charge on any atom is 0.253 e. The zero-order valence-electron chi connectivity index (χ0n) is 18.0. The van der Waals surface area contributed by atoms with Crippen molar-refractivity contribution in [1.29, 1.82) is 0 Å². The minimum absolute atomic E-state index is 0.0982. The number of piperidine rings is 1. The molecule has 0 unspecified atom stereocenters. The fourth-order valence-electron chi connectivity index (χ4n) is 4.86. The molecule has 3 aromatic rings. The molecule has 8 heteroatoms. The van der Waals surface area contributed by atoms with Gasteiger partial charge < -0.3 is 25.6 Å². The van der Waals surface area contributed by atoms with Gasteiger partial charge in [0.15, 0.2) is 6.10 Å². The highest BCUT2D eigenvalue weighted by Crippen LogP contribution is 2.26. The van der Waals surface area contributed by atoms with E-state index in [1.165, 1.54) is 0 Å². The van der Waals surface area contributed by atoms with Gasteiger partial charge in [-0.2, -0.15) is 0 Å². The van der Waals surface area contributed by atoms with Gasteiger partial charge in [-0.15, -0.1) is 0 Å². The lowest BCUT2D eigenvalue weighted by molar-refractivity contribution is -0.152. The predicted octanol–water partition coefficient (Wildman–Crippen LogP) is 1.42. The molecule has 2 aliphatic heterocycles. The topological polar surface area (TPSA) is 115 Å². The monoisotopic (exact) mass is 446 g/mol. The van der Waals surface area contributed by atoms with E-state index in [1.54, 1.807) is 29.2 Å². The summed E-state index contributed by atoms with van der Waals surface area (Å²) in [6.45, 7) is 0.383. The number of rotatable bonds is 5. The Morgan fingerprint density at radius 2 is 1.88 bits per heavy atom. The highest BCUT2D eigenvalue weighted by molar-refractivity contribution is 5.98. The van der Waals surface area contributed by atoms with E-state index < -0.39 is 24.1 Å². The largest absolute Gasteiger partial charge is 0.378 e. The second kappa shape index (κ2) is 8.71. The maximum absolute atomic E-state index is 13.2. The number of aliphatic hydroxyl groups excluding tert-OH is 1. The third-order valence-corrected chi connectivity index (χ3v) is 6.61. The summed E-state index contributed by atoms with van der Waals surface area (Å²) in [5, 5.41) is 17.1. The van der Waals surface area contributed by atoms with E-state index in [4.69, 9.17) is 0 Å². The van der Waals surface area contributed by atoms with Crippen molar-refractivity contribution in [2.24, 2.45) is 0 Å². The summed E-state index contributed by atoms with van der Waals surface area (Å²) in [7, 11) is 0. The van der Waals surface area contributed by atoms with Gasteiger partial charge in [-0.1, -0.05) is 48.5 Å². The van der Waals surface area contributed by atoms with Crippen LogP contribution in [0.15, 0.2) is 60.8 Å². The van der Waals surface area contributed by atoms with Crippen LogP contribution in [-0.4, -0.2) is 57.4 Å². The quantitative estimate of drug-likeness (QED) is 0.475. The van der Waals surface area contributed by atoms with Crippen molar-refractivity contribution in [1.82, 2.24) is 20.5 Å².